The average molecular weight is 446 g/mol. The van der Waals surface area contributed by atoms with E-state index in [0.29, 0.717) is 13.1 Å². The third-order valence-corrected chi connectivity index (χ3v) is 3.91. The molecule has 0 atom stereocenters. The minimum atomic E-state index is 0. The van der Waals surface area contributed by atoms with Crippen LogP contribution in [0.1, 0.15) is 17.6 Å². The highest BCUT2D eigenvalue weighted by molar-refractivity contribution is 14.0. The van der Waals surface area contributed by atoms with Crippen molar-refractivity contribution >= 4 is 41.3 Å². The van der Waals surface area contributed by atoms with Gasteiger partial charge in [-0.25, -0.2) is 4.99 Å². The van der Waals surface area contributed by atoms with E-state index in [1.165, 1.54) is 4.88 Å². The fourth-order valence-electron chi connectivity index (χ4n) is 1.94. The van der Waals surface area contributed by atoms with Crippen molar-refractivity contribution in [1.29, 1.82) is 0 Å². The summed E-state index contributed by atoms with van der Waals surface area (Å²) in [6.07, 6.45) is 4.46. The van der Waals surface area contributed by atoms with Crippen LogP contribution >= 0.6 is 35.3 Å². The summed E-state index contributed by atoms with van der Waals surface area (Å²) < 4.78 is 2.05. The predicted molar refractivity (Wildman–Crippen MR) is 106 cm³/mol. The maximum atomic E-state index is 4.58. The zero-order valence-corrected chi connectivity index (χ0v) is 16.4. The van der Waals surface area contributed by atoms with E-state index in [0.717, 1.165) is 31.3 Å². The third kappa shape index (κ3) is 6.69. The highest BCUT2D eigenvalue weighted by atomic mass is 127. The first-order valence-corrected chi connectivity index (χ1v) is 8.23. The smallest absolute Gasteiger partial charge is 0.191 e. The van der Waals surface area contributed by atoms with Crippen molar-refractivity contribution in [3.8, 4) is 0 Å². The van der Waals surface area contributed by atoms with Gasteiger partial charge in [-0.3, -0.25) is 0 Å². The number of hydrogen-bond donors (Lipinski definition) is 2. The quantitative estimate of drug-likeness (QED) is 0.283. The van der Waals surface area contributed by atoms with Crippen LogP contribution in [0.3, 0.4) is 0 Å². The molecular formula is C15H23IN6S. The van der Waals surface area contributed by atoms with Crippen LogP contribution in [0.25, 0.3) is 0 Å². The first kappa shape index (κ1) is 19.6. The number of aliphatic imine (C=N–C) groups is 1. The molecule has 126 valence electrons. The summed E-state index contributed by atoms with van der Waals surface area (Å²) >= 11 is 1.71. The van der Waals surface area contributed by atoms with Gasteiger partial charge in [0.05, 0.1) is 6.54 Å². The third-order valence-electron chi connectivity index (χ3n) is 3.04. The molecule has 2 N–H and O–H groups in total. The predicted octanol–water partition coefficient (Wildman–Crippen LogP) is 2.44. The summed E-state index contributed by atoms with van der Waals surface area (Å²) in [5.41, 5.74) is 0. The number of aromatic nitrogens is 3. The molecule has 8 heteroatoms. The Hall–Kier alpha value is -1.42. The van der Waals surface area contributed by atoms with E-state index in [9.17, 15) is 0 Å². The SMILES string of the molecule is C=CCNC(=NCc1cccs1)NCCn1cnnc1CC.I. The molecular weight excluding hydrogens is 423 g/mol. The Balaban J connectivity index is 0.00000264. The average Bonchev–Trinajstić information content (AvgIpc) is 3.20. The summed E-state index contributed by atoms with van der Waals surface area (Å²) in [6, 6.07) is 4.13. The molecule has 0 aromatic carbocycles. The molecule has 0 bridgehead atoms. The number of nitrogens with zero attached hydrogens (tertiary/aromatic N) is 4. The largest absolute Gasteiger partial charge is 0.355 e. The Morgan fingerprint density at radius 1 is 1.48 bits per heavy atom. The molecule has 23 heavy (non-hydrogen) atoms. The monoisotopic (exact) mass is 446 g/mol. The highest BCUT2D eigenvalue weighted by Crippen LogP contribution is 2.09. The second-order valence-electron chi connectivity index (χ2n) is 4.63. The van der Waals surface area contributed by atoms with E-state index in [4.69, 9.17) is 0 Å². The zero-order chi connectivity index (χ0) is 15.6. The van der Waals surface area contributed by atoms with Crippen molar-refractivity contribution in [2.45, 2.75) is 26.4 Å². The first-order valence-electron chi connectivity index (χ1n) is 7.35. The van der Waals surface area contributed by atoms with Crippen molar-refractivity contribution < 1.29 is 0 Å². The molecule has 0 aliphatic carbocycles. The molecule has 0 radical (unpaired) electrons. The lowest BCUT2D eigenvalue weighted by Gasteiger charge is -2.12. The second kappa shape index (κ2) is 11.2. The maximum absolute atomic E-state index is 4.58. The van der Waals surface area contributed by atoms with Crippen LogP contribution < -0.4 is 10.6 Å². The fourth-order valence-corrected chi connectivity index (χ4v) is 2.57. The molecule has 2 aromatic heterocycles. The van der Waals surface area contributed by atoms with Crippen molar-refractivity contribution in [2.75, 3.05) is 13.1 Å². The number of rotatable bonds is 8. The van der Waals surface area contributed by atoms with Gasteiger partial charge in [0.15, 0.2) is 5.96 Å². The Labute approximate surface area is 158 Å². The number of guanidine groups is 1. The van der Waals surface area contributed by atoms with Gasteiger partial charge in [0, 0.05) is 30.9 Å². The zero-order valence-electron chi connectivity index (χ0n) is 13.2. The minimum Gasteiger partial charge on any atom is -0.355 e. The van der Waals surface area contributed by atoms with Gasteiger partial charge < -0.3 is 15.2 Å². The molecule has 0 spiro atoms. The van der Waals surface area contributed by atoms with Gasteiger partial charge >= 0.3 is 0 Å². The Morgan fingerprint density at radius 3 is 3.04 bits per heavy atom. The van der Waals surface area contributed by atoms with Gasteiger partial charge in [-0.15, -0.1) is 52.1 Å². The van der Waals surface area contributed by atoms with E-state index in [1.807, 2.05) is 12.1 Å². The molecule has 0 fully saturated rings. The van der Waals surface area contributed by atoms with Crippen LogP contribution in [0, 0.1) is 0 Å². The summed E-state index contributed by atoms with van der Waals surface area (Å²) in [5.74, 6) is 1.79. The van der Waals surface area contributed by atoms with Gasteiger partial charge in [-0.2, -0.15) is 0 Å². The van der Waals surface area contributed by atoms with Crippen LogP contribution in [-0.2, 0) is 19.5 Å². The normalized spacial score (nSPS) is 10.9. The van der Waals surface area contributed by atoms with Gasteiger partial charge in [0.1, 0.15) is 12.2 Å². The van der Waals surface area contributed by atoms with Crippen molar-refractivity contribution in [2.24, 2.45) is 4.99 Å². The van der Waals surface area contributed by atoms with Crippen molar-refractivity contribution in [1.82, 2.24) is 25.4 Å². The van der Waals surface area contributed by atoms with Crippen LogP contribution in [0.15, 0.2) is 41.5 Å². The number of aryl methyl sites for hydroxylation is 1. The lowest BCUT2D eigenvalue weighted by Crippen LogP contribution is -2.39. The number of halogens is 1. The van der Waals surface area contributed by atoms with E-state index in [1.54, 1.807) is 17.7 Å². The molecule has 0 amide bonds. The van der Waals surface area contributed by atoms with Gasteiger partial charge in [-0.1, -0.05) is 19.1 Å². The van der Waals surface area contributed by atoms with E-state index < -0.39 is 0 Å². The molecule has 2 heterocycles. The van der Waals surface area contributed by atoms with E-state index in [-0.39, 0.29) is 24.0 Å². The number of hydrogen-bond acceptors (Lipinski definition) is 4. The summed E-state index contributed by atoms with van der Waals surface area (Å²) in [5, 5.41) is 16.6. The molecule has 2 aromatic rings. The molecule has 0 unspecified atom stereocenters. The van der Waals surface area contributed by atoms with Crippen LogP contribution in [0.5, 0.6) is 0 Å². The lowest BCUT2D eigenvalue weighted by molar-refractivity contribution is 0.633. The lowest BCUT2D eigenvalue weighted by atomic mass is 10.4. The minimum absolute atomic E-state index is 0. The summed E-state index contributed by atoms with van der Waals surface area (Å²) in [4.78, 5) is 5.82. The van der Waals surface area contributed by atoms with Crippen molar-refractivity contribution in [3.63, 3.8) is 0 Å². The Kier molecular flexibility index (Phi) is 9.53. The highest BCUT2D eigenvalue weighted by Gasteiger charge is 2.02. The summed E-state index contributed by atoms with van der Waals surface area (Å²) in [7, 11) is 0. The number of nitrogens with one attached hydrogen (secondary N) is 2. The van der Waals surface area contributed by atoms with Crippen LogP contribution in [-0.4, -0.2) is 33.8 Å². The van der Waals surface area contributed by atoms with Gasteiger partial charge in [0.25, 0.3) is 0 Å². The van der Waals surface area contributed by atoms with Crippen LogP contribution in [0.4, 0.5) is 0 Å². The second-order valence-corrected chi connectivity index (χ2v) is 5.67. The van der Waals surface area contributed by atoms with Crippen molar-refractivity contribution in [3.05, 3.63) is 47.2 Å². The molecule has 6 nitrogen and oxygen atoms in total. The standard InChI is InChI=1S/C15H22N6S.HI/c1-3-7-16-15(18-11-13-6-5-10-22-13)17-8-9-21-12-19-20-14(21)4-2;/h3,5-6,10,12H,1,4,7-9,11H2,2H3,(H2,16,17,18);1H. The van der Waals surface area contributed by atoms with E-state index in [2.05, 4.69) is 55.3 Å². The fraction of sp³-hybridized carbons (Fsp3) is 0.400. The molecule has 0 saturated carbocycles. The first-order chi connectivity index (χ1) is 10.8. The maximum Gasteiger partial charge on any atom is 0.191 e. The van der Waals surface area contributed by atoms with E-state index >= 15 is 0 Å². The topological polar surface area (TPSA) is 67.1 Å². The molecule has 0 saturated heterocycles. The van der Waals surface area contributed by atoms with Gasteiger partial charge in [-0.05, 0) is 11.4 Å². The molecule has 2 rings (SSSR count). The molecule has 0 aliphatic rings. The number of thiophene rings is 1. The Morgan fingerprint density at radius 2 is 2.35 bits per heavy atom. The Bertz CT molecular complexity index is 593. The molecule has 0 aliphatic heterocycles. The summed E-state index contributed by atoms with van der Waals surface area (Å²) in [6.45, 7) is 8.73. The van der Waals surface area contributed by atoms with Crippen LogP contribution in [0.2, 0.25) is 0 Å². The van der Waals surface area contributed by atoms with Gasteiger partial charge in [0.2, 0.25) is 0 Å².